The lowest BCUT2D eigenvalue weighted by atomic mass is 10.1. The predicted octanol–water partition coefficient (Wildman–Crippen LogP) is 4.92. The third-order valence-corrected chi connectivity index (χ3v) is 6.83. The number of amides is 1. The third kappa shape index (κ3) is 5.76. The molecule has 10 heteroatoms. The molecule has 1 aliphatic rings. The van der Waals surface area contributed by atoms with E-state index in [9.17, 15) is 4.79 Å². The van der Waals surface area contributed by atoms with Crippen molar-refractivity contribution < 1.29 is 18.3 Å². The fourth-order valence-electron chi connectivity index (χ4n) is 4.72. The van der Waals surface area contributed by atoms with Crippen LogP contribution in [0.25, 0.3) is 16.6 Å². The Morgan fingerprint density at radius 3 is 2.69 bits per heavy atom. The van der Waals surface area contributed by atoms with E-state index < -0.39 is 11.6 Å². The minimum atomic E-state index is -0.947. The van der Waals surface area contributed by atoms with Crippen molar-refractivity contribution in [2.45, 2.75) is 0 Å². The number of methoxy groups -OCH3 is 1. The van der Waals surface area contributed by atoms with Gasteiger partial charge in [0, 0.05) is 63.3 Å². The van der Waals surface area contributed by atoms with Crippen molar-refractivity contribution in [2.24, 2.45) is 0 Å². The van der Waals surface area contributed by atoms with Crippen LogP contribution in [0.5, 0.6) is 0 Å². The molecule has 0 spiro atoms. The quantitative estimate of drug-likeness (QED) is 0.298. The van der Waals surface area contributed by atoms with Gasteiger partial charge in [-0.05, 0) is 42.0 Å². The summed E-state index contributed by atoms with van der Waals surface area (Å²) in [5, 5.41) is 5.69. The number of hydrogen-bond donors (Lipinski definition) is 2. The lowest BCUT2D eigenvalue weighted by Crippen LogP contribution is -2.47. The fourth-order valence-corrected chi connectivity index (χ4v) is 4.72. The van der Waals surface area contributed by atoms with E-state index in [4.69, 9.17) is 4.74 Å². The molecule has 1 aliphatic heterocycles. The highest BCUT2D eigenvalue weighted by Gasteiger charge is 2.22. The van der Waals surface area contributed by atoms with E-state index in [1.807, 2.05) is 39.8 Å². The molecule has 0 atom stereocenters. The van der Waals surface area contributed by atoms with Crippen molar-refractivity contribution >= 4 is 34.3 Å². The van der Waals surface area contributed by atoms with E-state index in [-0.39, 0.29) is 17.3 Å². The summed E-state index contributed by atoms with van der Waals surface area (Å²) in [5.74, 6) is -1.75. The number of carbonyl (C=O) groups is 1. The van der Waals surface area contributed by atoms with Crippen LogP contribution in [0.15, 0.2) is 73.7 Å². The van der Waals surface area contributed by atoms with E-state index in [0.717, 1.165) is 36.3 Å². The zero-order valence-corrected chi connectivity index (χ0v) is 21.7. The molecule has 2 aromatic carbocycles. The zero-order valence-electron chi connectivity index (χ0n) is 21.7. The fraction of sp³-hybridized carbons (Fsp3) is 0.241. The summed E-state index contributed by atoms with van der Waals surface area (Å²) in [7, 11) is 1.67. The topological polar surface area (TPSA) is 74.1 Å². The number of rotatable bonds is 9. The number of piperazine rings is 1. The Bertz CT molecular complexity index is 1500. The lowest BCUT2D eigenvalue weighted by Gasteiger charge is -2.36. The second-order valence-corrected chi connectivity index (χ2v) is 9.28. The Morgan fingerprint density at radius 2 is 1.92 bits per heavy atom. The van der Waals surface area contributed by atoms with Crippen molar-refractivity contribution in [1.29, 1.82) is 0 Å². The number of nitrogens with zero attached hydrogens (tertiary/aromatic N) is 4. The lowest BCUT2D eigenvalue weighted by molar-refractivity contribution is -0.111. The van der Waals surface area contributed by atoms with E-state index in [1.165, 1.54) is 6.08 Å². The van der Waals surface area contributed by atoms with Crippen LogP contribution in [0, 0.1) is 11.6 Å². The molecule has 0 aliphatic carbocycles. The maximum absolute atomic E-state index is 15.2. The number of aromatic nitrogens is 2. The zero-order chi connectivity index (χ0) is 27.4. The largest absolute Gasteiger partial charge is 0.383 e. The summed E-state index contributed by atoms with van der Waals surface area (Å²) >= 11 is 0. The number of carbonyl (C=O) groups excluding carboxylic acids is 1. The molecule has 202 valence electrons. The van der Waals surface area contributed by atoms with E-state index >= 15 is 8.78 Å². The third-order valence-electron chi connectivity index (χ3n) is 6.83. The molecule has 1 fully saturated rings. The molecule has 0 radical (unpaired) electrons. The second kappa shape index (κ2) is 11.6. The molecule has 1 amide bonds. The summed E-state index contributed by atoms with van der Waals surface area (Å²) < 4.78 is 37.3. The highest BCUT2D eigenvalue weighted by atomic mass is 19.2. The van der Waals surface area contributed by atoms with E-state index in [1.54, 1.807) is 37.7 Å². The van der Waals surface area contributed by atoms with Gasteiger partial charge in [0.05, 0.1) is 23.5 Å². The SMILES string of the molecule is C=CC(=O)Nc1cccc(-c2ccn3cnc(Nc4ccc(N5CCN(CCOC)CC5)c(F)c4F)cc23)c1. The van der Waals surface area contributed by atoms with Crippen LogP contribution in [0.1, 0.15) is 0 Å². The number of hydrogen-bond acceptors (Lipinski definition) is 6. The van der Waals surface area contributed by atoms with E-state index in [2.05, 4.69) is 27.1 Å². The first-order valence-corrected chi connectivity index (χ1v) is 12.7. The van der Waals surface area contributed by atoms with Gasteiger partial charge >= 0.3 is 0 Å². The minimum absolute atomic E-state index is 0.00840. The predicted molar refractivity (Wildman–Crippen MR) is 150 cm³/mol. The molecule has 8 nitrogen and oxygen atoms in total. The first kappa shape index (κ1) is 26.3. The number of halogens is 2. The Labute approximate surface area is 225 Å². The number of benzene rings is 2. The van der Waals surface area contributed by atoms with Crippen LogP contribution in [0.4, 0.5) is 31.7 Å². The molecule has 4 aromatic rings. The highest BCUT2D eigenvalue weighted by molar-refractivity contribution is 5.99. The van der Waals surface area contributed by atoms with Gasteiger partial charge in [-0.15, -0.1) is 0 Å². The summed E-state index contributed by atoms with van der Waals surface area (Å²) in [5.41, 5.74) is 3.48. The van der Waals surface area contributed by atoms with Crippen molar-refractivity contribution in [3.05, 3.63) is 85.3 Å². The summed E-state index contributed by atoms with van der Waals surface area (Å²) in [4.78, 5) is 20.2. The average Bonchev–Trinajstić information content (AvgIpc) is 3.38. The van der Waals surface area contributed by atoms with Gasteiger partial charge in [0.15, 0.2) is 11.6 Å². The Hall–Kier alpha value is -4.28. The molecule has 0 saturated carbocycles. The maximum Gasteiger partial charge on any atom is 0.247 e. The van der Waals surface area contributed by atoms with Gasteiger partial charge in [-0.3, -0.25) is 9.69 Å². The highest BCUT2D eigenvalue weighted by Crippen LogP contribution is 2.32. The number of ether oxygens (including phenoxy) is 1. The Balaban J connectivity index is 1.35. The molecule has 2 N–H and O–H groups in total. The summed E-state index contributed by atoms with van der Waals surface area (Å²) in [6.07, 6.45) is 4.68. The normalized spacial score (nSPS) is 14.0. The van der Waals surface area contributed by atoms with Gasteiger partial charge in [-0.1, -0.05) is 18.7 Å². The molecule has 0 unspecified atom stereocenters. The molecule has 0 bridgehead atoms. The molecule has 1 saturated heterocycles. The van der Waals surface area contributed by atoms with E-state index in [0.29, 0.717) is 31.2 Å². The summed E-state index contributed by atoms with van der Waals surface area (Å²) in [6.45, 7) is 7.69. The maximum atomic E-state index is 15.2. The molecule has 2 aromatic heterocycles. The minimum Gasteiger partial charge on any atom is -0.383 e. The molecule has 5 rings (SSSR count). The molecule has 3 heterocycles. The van der Waals surface area contributed by atoms with Gasteiger partial charge in [0.1, 0.15) is 12.1 Å². The first-order chi connectivity index (χ1) is 19.0. The van der Waals surface area contributed by atoms with Gasteiger partial charge in [-0.25, -0.2) is 13.8 Å². The van der Waals surface area contributed by atoms with Crippen LogP contribution in [0.2, 0.25) is 0 Å². The first-order valence-electron chi connectivity index (χ1n) is 12.7. The van der Waals surface area contributed by atoms with Crippen LogP contribution < -0.4 is 15.5 Å². The number of nitrogens with one attached hydrogen (secondary N) is 2. The van der Waals surface area contributed by atoms with Gasteiger partial charge in [0.2, 0.25) is 5.91 Å². The Kier molecular flexibility index (Phi) is 7.85. The standard InChI is InChI=1S/C29H30F2N6O2/c1-3-27(38)33-21-6-4-5-20(17-21)22-9-10-37-19-32-26(18-25(22)37)34-23-7-8-24(29(31)28(23)30)36-13-11-35(12-14-36)15-16-39-2/h3-10,17-19,34H,1,11-16H2,2H3,(H,33,38). The van der Waals surface area contributed by atoms with Gasteiger partial charge in [-0.2, -0.15) is 0 Å². The molecular formula is C29H30F2N6O2. The van der Waals surface area contributed by atoms with Crippen LogP contribution >= 0.6 is 0 Å². The van der Waals surface area contributed by atoms with Crippen molar-refractivity contribution in [3.63, 3.8) is 0 Å². The van der Waals surface area contributed by atoms with Crippen molar-refractivity contribution in [3.8, 4) is 11.1 Å². The van der Waals surface area contributed by atoms with Gasteiger partial charge in [0.25, 0.3) is 0 Å². The van der Waals surface area contributed by atoms with Crippen LogP contribution in [-0.2, 0) is 9.53 Å². The van der Waals surface area contributed by atoms with Crippen molar-refractivity contribution in [2.75, 3.05) is 62.0 Å². The van der Waals surface area contributed by atoms with Crippen LogP contribution in [-0.4, -0.2) is 66.6 Å². The van der Waals surface area contributed by atoms with Gasteiger partial charge < -0.3 is 24.7 Å². The van der Waals surface area contributed by atoms with Crippen molar-refractivity contribution in [1.82, 2.24) is 14.3 Å². The average molecular weight is 533 g/mol. The Morgan fingerprint density at radius 1 is 1.10 bits per heavy atom. The molecular weight excluding hydrogens is 502 g/mol. The van der Waals surface area contributed by atoms with Crippen LogP contribution in [0.3, 0.4) is 0 Å². The second-order valence-electron chi connectivity index (χ2n) is 9.28. The smallest absolute Gasteiger partial charge is 0.247 e. The number of anilines is 4. The molecule has 39 heavy (non-hydrogen) atoms. The number of fused-ring (bicyclic) bond motifs is 1. The summed E-state index contributed by atoms with van der Waals surface area (Å²) in [6, 6.07) is 14.3. The monoisotopic (exact) mass is 532 g/mol.